The molecule has 0 aliphatic carbocycles. The molecule has 0 fully saturated rings. The molecule has 0 aromatic heterocycles. The van der Waals surface area contributed by atoms with E-state index in [4.69, 9.17) is 9.47 Å². The Morgan fingerprint density at radius 3 is 2.44 bits per heavy atom. The number of halogens is 2. The van der Waals surface area contributed by atoms with Gasteiger partial charge in [0.15, 0.2) is 0 Å². The van der Waals surface area contributed by atoms with E-state index in [2.05, 4.69) is 48.9 Å². The molecule has 1 aliphatic heterocycles. The summed E-state index contributed by atoms with van der Waals surface area (Å²) in [5.41, 5.74) is 2.56. The van der Waals surface area contributed by atoms with E-state index in [1.807, 2.05) is 6.07 Å². The number of rotatable bonds is 2. The van der Waals surface area contributed by atoms with Crippen molar-refractivity contribution in [3.8, 4) is 22.6 Å². The molecule has 0 unspecified atom stereocenters. The number of ether oxygens (including phenoxy) is 2. The molecule has 0 N–H and O–H groups in total. The van der Waals surface area contributed by atoms with E-state index >= 15 is 0 Å². The van der Waals surface area contributed by atoms with E-state index in [-0.39, 0.29) is 0 Å². The quantitative estimate of drug-likeness (QED) is 0.604. The molecule has 0 bridgehead atoms. The van der Waals surface area contributed by atoms with Crippen LogP contribution in [0.25, 0.3) is 11.1 Å². The third-order valence-electron chi connectivity index (χ3n) is 3.00. The second kappa shape index (κ2) is 4.88. The van der Waals surface area contributed by atoms with Gasteiger partial charge in [0.2, 0.25) is 0 Å². The van der Waals surface area contributed by atoms with Crippen LogP contribution in [0.4, 0.5) is 0 Å². The van der Waals surface area contributed by atoms with E-state index in [9.17, 15) is 0 Å². The molecule has 0 spiro atoms. The topological polar surface area (TPSA) is 18.5 Å². The fourth-order valence-electron chi connectivity index (χ4n) is 2.21. The van der Waals surface area contributed by atoms with Crippen molar-refractivity contribution >= 4 is 34.5 Å². The molecular weight excluding hydrogens is 454 g/mol. The van der Waals surface area contributed by atoms with Crippen LogP contribution in [0.5, 0.6) is 11.5 Å². The first-order valence-electron chi connectivity index (χ1n) is 5.48. The predicted molar refractivity (Wildman–Crippen MR) is 90.4 cm³/mol. The van der Waals surface area contributed by atoms with Gasteiger partial charge in [-0.25, -0.2) is 0 Å². The molecule has 0 atom stereocenters. The number of hydrogen-bond acceptors (Lipinski definition) is 2. The average Bonchev–Trinajstić information content (AvgIpc) is 2.72. The Hall–Kier alpha value is -0.500. The van der Waals surface area contributed by atoms with Gasteiger partial charge in [0, 0.05) is 0 Å². The molecule has 2 aromatic carbocycles. The average molecular weight is 466 g/mol. The van der Waals surface area contributed by atoms with Gasteiger partial charge in [0.1, 0.15) is 0 Å². The first-order valence-corrected chi connectivity index (χ1v) is 13.9. The molecule has 0 radical (unpaired) electrons. The van der Waals surface area contributed by atoms with E-state index in [0.29, 0.717) is 0 Å². The molecule has 3 rings (SSSR count). The SMILES string of the molecule is COc1ccc2c(c1OC)-c1ccccc1I2I. The summed E-state index contributed by atoms with van der Waals surface area (Å²) < 4.78 is 13.9. The maximum atomic E-state index is 5.58. The van der Waals surface area contributed by atoms with Crippen LogP contribution in [0, 0.1) is 7.14 Å². The van der Waals surface area contributed by atoms with Crippen LogP contribution in [0.3, 0.4) is 0 Å². The van der Waals surface area contributed by atoms with Gasteiger partial charge >= 0.3 is 124 Å². The van der Waals surface area contributed by atoms with Crippen LogP contribution in [0.2, 0.25) is 0 Å². The van der Waals surface area contributed by atoms with E-state index in [0.717, 1.165) is 11.5 Å². The molecular formula is C14H12I2O2. The molecule has 2 nitrogen and oxygen atoms in total. The van der Waals surface area contributed by atoms with Crippen LogP contribution < -0.4 is 9.47 Å². The zero-order chi connectivity index (χ0) is 12.7. The van der Waals surface area contributed by atoms with Crippen molar-refractivity contribution < 1.29 is 9.47 Å². The van der Waals surface area contributed by atoms with Crippen molar-refractivity contribution in [3.63, 3.8) is 0 Å². The Labute approximate surface area is 123 Å². The Morgan fingerprint density at radius 2 is 1.72 bits per heavy atom. The Balaban J connectivity index is 2.34. The second-order valence-corrected chi connectivity index (χ2v) is 13.0. The van der Waals surface area contributed by atoms with Crippen molar-refractivity contribution in [2.45, 2.75) is 0 Å². The summed E-state index contributed by atoms with van der Waals surface area (Å²) in [5.74, 6) is 1.69. The zero-order valence-corrected chi connectivity index (χ0v) is 14.4. The van der Waals surface area contributed by atoms with Crippen LogP contribution in [-0.4, -0.2) is 14.2 Å². The van der Waals surface area contributed by atoms with Gasteiger partial charge in [0.05, 0.1) is 0 Å². The molecule has 2 aromatic rings. The van der Waals surface area contributed by atoms with Gasteiger partial charge in [-0.05, 0) is 0 Å². The standard InChI is InChI=1S/C14H12I2O2/c1-17-12-8-7-11-13(14(12)18-2)9-5-3-4-6-10(9)16(11)15/h3-8H,1-2H3. The van der Waals surface area contributed by atoms with Crippen LogP contribution >= 0.6 is 34.5 Å². The fourth-order valence-corrected chi connectivity index (χ4v) is 10.5. The fraction of sp³-hybridized carbons (Fsp3) is 0.143. The Kier molecular flexibility index (Phi) is 3.40. The van der Waals surface area contributed by atoms with Gasteiger partial charge in [-0.2, -0.15) is 0 Å². The molecule has 4 heteroatoms. The summed E-state index contributed by atoms with van der Waals surface area (Å²) >= 11 is 1.36. The summed E-state index contributed by atoms with van der Waals surface area (Å²) in [7, 11) is 3.40. The zero-order valence-electron chi connectivity index (χ0n) is 10.0. The minimum absolute atomic E-state index is 0.814. The molecule has 18 heavy (non-hydrogen) atoms. The van der Waals surface area contributed by atoms with Crippen LogP contribution in [0.1, 0.15) is 0 Å². The van der Waals surface area contributed by atoms with Crippen molar-refractivity contribution in [2.24, 2.45) is 0 Å². The number of methoxy groups -OCH3 is 2. The maximum absolute atomic E-state index is 5.58. The predicted octanol–water partition coefficient (Wildman–Crippen LogP) is 4.58. The number of fused-ring (bicyclic) bond motifs is 3. The molecule has 0 amide bonds. The Morgan fingerprint density at radius 1 is 0.944 bits per heavy atom. The molecule has 0 saturated carbocycles. The Bertz CT molecular complexity index is 611. The summed E-state index contributed by atoms with van der Waals surface area (Å²) in [6.45, 7) is 0. The summed E-state index contributed by atoms with van der Waals surface area (Å²) in [6.07, 6.45) is 0. The van der Waals surface area contributed by atoms with Crippen LogP contribution in [0.15, 0.2) is 36.4 Å². The molecule has 94 valence electrons. The van der Waals surface area contributed by atoms with Crippen LogP contribution in [-0.2, 0) is 0 Å². The number of benzene rings is 2. The van der Waals surface area contributed by atoms with E-state index < -0.39 is 15.8 Å². The number of hydrogen-bond donors (Lipinski definition) is 0. The summed E-state index contributed by atoms with van der Waals surface area (Å²) in [6, 6.07) is 12.9. The van der Waals surface area contributed by atoms with Gasteiger partial charge in [0.25, 0.3) is 0 Å². The first kappa shape index (κ1) is 12.5. The van der Waals surface area contributed by atoms with Crippen molar-refractivity contribution in [2.75, 3.05) is 14.2 Å². The van der Waals surface area contributed by atoms with Crippen molar-refractivity contribution in [1.82, 2.24) is 0 Å². The van der Waals surface area contributed by atoms with E-state index in [1.54, 1.807) is 14.2 Å². The van der Waals surface area contributed by atoms with Crippen molar-refractivity contribution in [1.29, 1.82) is 0 Å². The second-order valence-electron chi connectivity index (χ2n) is 3.88. The normalized spacial score (nSPS) is 14.1. The summed E-state index contributed by atoms with van der Waals surface area (Å²) in [4.78, 5) is 0. The van der Waals surface area contributed by atoms with Gasteiger partial charge < -0.3 is 0 Å². The molecule has 1 aliphatic rings. The van der Waals surface area contributed by atoms with Gasteiger partial charge in [-0.3, -0.25) is 0 Å². The van der Waals surface area contributed by atoms with Crippen molar-refractivity contribution in [3.05, 3.63) is 43.5 Å². The first-order chi connectivity index (χ1) is 8.77. The van der Waals surface area contributed by atoms with Gasteiger partial charge in [-0.1, -0.05) is 0 Å². The minimum atomic E-state index is -1.27. The molecule has 1 heterocycles. The van der Waals surface area contributed by atoms with Gasteiger partial charge in [-0.15, -0.1) is 0 Å². The van der Waals surface area contributed by atoms with E-state index in [1.165, 1.54) is 18.3 Å². The third-order valence-corrected chi connectivity index (χ3v) is 12.8. The summed E-state index contributed by atoms with van der Waals surface area (Å²) in [5, 5.41) is 0. The third kappa shape index (κ3) is 1.72. The monoisotopic (exact) mass is 466 g/mol. The molecule has 0 saturated heterocycles.